The molecule has 0 saturated carbocycles. The molecule has 1 aliphatic heterocycles. The Labute approximate surface area is 221 Å². The molecule has 0 aliphatic carbocycles. The number of esters is 1. The van der Waals surface area contributed by atoms with Gasteiger partial charge in [-0.2, -0.15) is 5.10 Å². The molecule has 0 fully saturated rings. The fourth-order valence-corrected chi connectivity index (χ4v) is 4.85. The summed E-state index contributed by atoms with van der Waals surface area (Å²) in [6.45, 7) is 4.81. The summed E-state index contributed by atoms with van der Waals surface area (Å²) in [5, 5.41) is 4.12. The van der Waals surface area contributed by atoms with Gasteiger partial charge < -0.3 is 14.4 Å². The molecule has 1 unspecified atom stereocenters. The zero-order chi connectivity index (χ0) is 27.3. The predicted molar refractivity (Wildman–Crippen MR) is 145 cm³/mol. The smallest absolute Gasteiger partial charge is 0.337 e. The predicted octanol–water partition coefficient (Wildman–Crippen LogP) is 5.26. The van der Waals surface area contributed by atoms with Gasteiger partial charge in [-0.1, -0.05) is 18.2 Å². The number of hydrazone groups is 1. The Morgan fingerprint density at radius 3 is 2.42 bits per heavy atom. The summed E-state index contributed by atoms with van der Waals surface area (Å²) >= 11 is 0. The largest absolute Gasteiger partial charge is 0.497 e. The summed E-state index contributed by atoms with van der Waals surface area (Å²) in [6.07, 6.45) is 3.80. The lowest BCUT2D eigenvalue weighted by Crippen LogP contribution is -2.31. The van der Waals surface area contributed by atoms with Crippen LogP contribution in [-0.4, -0.2) is 38.9 Å². The Bertz CT molecular complexity index is 1400. The van der Waals surface area contributed by atoms with Gasteiger partial charge >= 0.3 is 5.97 Å². The first kappa shape index (κ1) is 26.6. The van der Waals surface area contributed by atoms with Crippen LogP contribution in [0, 0.1) is 5.82 Å². The second-order valence-corrected chi connectivity index (χ2v) is 9.07. The lowest BCUT2D eigenvalue weighted by Gasteiger charge is -2.30. The minimum Gasteiger partial charge on any atom is -0.497 e. The second-order valence-electron chi connectivity index (χ2n) is 9.07. The van der Waals surface area contributed by atoms with E-state index < -0.39 is 17.3 Å². The number of likely N-dealkylation sites (N-methyl/N-ethyl adjacent to an activating group) is 1. The van der Waals surface area contributed by atoms with Crippen LogP contribution in [0.15, 0.2) is 83.6 Å². The fourth-order valence-electron chi connectivity index (χ4n) is 4.85. The van der Waals surface area contributed by atoms with E-state index in [-0.39, 0.29) is 5.82 Å². The van der Waals surface area contributed by atoms with E-state index >= 15 is 0 Å². The number of halogens is 1. The van der Waals surface area contributed by atoms with Crippen molar-refractivity contribution in [1.82, 2.24) is 5.43 Å². The molecule has 0 aromatic heterocycles. The van der Waals surface area contributed by atoms with Crippen molar-refractivity contribution >= 4 is 23.8 Å². The number of hydrogen-bond donors (Lipinski definition) is 1. The van der Waals surface area contributed by atoms with Crippen LogP contribution in [0.5, 0.6) is 5.75 Å². The molecule has 1 aliphatic rings. The third-order valence-corrected chi connectivity index (χ3v) is 6.80. The van der Waals surface area contributed by atoms with Crippen LogP contribution >= 0.6 is 0 Å². The summed E-state index contributed by atoms with van der Waals surface area (Å²) in [7, 11) is 2.92. The number of benzene rings is 3. The molecule has 4 rings (SSSR count). The number of methoxy groups -OCH3 is 2. The molecule has 1 atom stereocenters. The van der Waals surface area contributed by atoms with Crippen molar-refractivity contribution in [1.29, 1.82) is 0 Å². The lowest BCUT2D eigenvalue weighted by molar-refractivity contribution is 0.0600. The number of ether oxygens (including phenoxy) is 2. The van der Waals surface area contributed by atoms with Crippen molar-refractivity contribution in [3.8, 4) is 5.75 Å². The summed E-state index contributed by atoms with van der Waals surface area (Å²) in [4.78, 5) is 26.3. The highest BCUT2D eigenvalue weighted by Crippen LogP contribution is 2.50. The van der Waals surface area contributed by atoms with Crippen molar-refractivity contribution in [3.05, 3.63) is 107 Å². The first-order valence-electron chi connectivity index (χ1n) is 12.2. The lowest BCUT2D eigenvalue weighted by atomic mass is 9.76. The minimum atomic E-state index is -0.582. The topological polar surface area (TPSA) is 80.2 Å². The highest BCUT2D eigenvalue weighted by Gasteiger charge is 2.43. The molecule has 0 radical (unpaired) electrons. The third kappa shape index (κ3) is 5.16. The van der Waals surface area contributed by atoms with Gasteiger partial charge in [0.2, 0.25) is 0 Å². The molecule has 0 saturated heterocycles. The number of nitrogens with one attached hydrogen (secondary N) is 1. The van der Waals surface area contributed by atoms with E-state index in [4.69, 9.17) is 4.74 Å². The van der Waals surface area contributed by atoms with Crippen molar-refractivity contribution in [3.63, 3.8) is 0 Å². The van der Waals surface area contributed by atoms with E-state index in [0.29, 0.717) is 29.7 Å². The number of nitrogens with zero attached hydrogens (tertiary/aromatic N) is 2. The summed E-state index contributed by atoms with van der Waals surface area (Å²) in [5.74, 6) is -0.431. The van der Waals surface area contributed by atoms with Crippen molar-refractivity contribution in [2.45, 2.75) is 25.7 Å². The molecule has 38 heavy (non-hydrogen) atoms. The van der Waals surface area contributed by atoms with Gasteiger partial charge in [-0.25, -0.2) is 14.6 Å². The summed E-state index contributed by atoms with van der Waals surface area (Å²) in [6, 6.07) is 18.8. The van der Waals surface area contributed by atoms with Crippen molar-refractivity contribution in [2.24, 2.45) is 5.10 Å². The maximum Gasteiger partial charge on any atom is 0.337 e. The van der Waals surface area contributed by atoms with Gasteiger partial charge in [0.05, 0.1) is 19.8 Å². The van der Waals surface area contributed by atoms with Crippen molar-refractivity contribution in [2.75, 3.05) is 25.7 Å². The SMILES string of the molecule is CCN1/C(=C\C=N\NC(=O)c2ccc(C(=O)OC)cc2)C(C)(Cc2ccccc2F)c2cc(OC)ccc21. The highest BCUT2D eigenvalue weighted by molar-refractivity contribution is 5.96. The maximum atomic E-state index is 14.7. The molecule has 8 heteroatoms. The van der Waals surface area contributed by atoms with E-state index in [1.165, 1.54) is 43.7 Å². The third-order valence-electron chi connectivity index (χ3n) is 6.80. The van der Waals surface area contributed by atoms with Crippen LogP contribution in [0.3, 0.4) is 0 Å². The zero-order valence-electron chi connectivity index (χ0n) is 21.8. The summed E-state index contributed by atoms with van der Waals surface area (Å²) in [5.41, 5.74) is 6.20. The number of carbonyl (C=O) groups is 2. The molecule has 1 N–H and O–H groups in total. The molecule has 7 nitrogen and oxygen atoms in total. The van der Waals surface area contributed by atoms with Crippen molar-refractivity contribution < 1.29 is 23.5 Å². The zero-order valence-corrected chi connectivity index (χ0v) is 21.8. The molecular formula is C30H30FN3O4. The van der Waals surface area contributed by atoms with E-state index in [9.17, 15) is 14.0 Å². The van der Waals surface area contributed by atoms with E-state index in [0.717, 1.165) is 22.7 Å². The number of carbonyl (C=O) groups excluding carboxylic acids is 2. The standard InChI is InChI=1S/C30H30FN3O4/c1-5-34-26-15-14-23(37-3)18-24(26)30(2,19-22-8-6-7-9-25(22)31)27(34)16-17-32-33-28(35)20-10-12-21(13-11-20)29(36)38-4/h6-18H,5,19H2,1-4H3,(H,33,35)/b27-16-,32-17+. The fraction of sp³-hybridized carbons (Fsp3) is 0.233. The Morgan fingerprint density at radius 2 is 1.76 bits per heavy atom. The normalized spacial score (nSPS) is 17.5. The number of anilines is 1. The molecule has 1 heterocycles. The van der Waals surface area contributed by atoms with Crippen LogP contribution < -0.4 is 15.1 Å². The Kier molecular flexibility index (Phi) is 7.90. The van der Waals surface area contributed by atoms with Gasteiger partial charge in [0.1, 0.15) is 11.6 Å². The van der Waals surface area contributed by atoms with E-state index in [1.54, 1.807) is 19.2 Å². The average molecular weight is 516 g/mol. The second kappa shape index (κ2) is 11.3. The van der Waals surface area contributed by atoms with Gasteiger partial charge in [-0.15, -0.1) is 0 Å². The highest BCUT2D eigenvalue weighted by atomic mass is 19.1. The van der Waals surface area contributed by atoms with Crippen LogP contribution in [0.1, 0.15) is 45.7 Å². The number of rotatable bonds is 8. The quantitative estimate of drug-likeness (QED) is 0.252. The van der Waals surface area contributed by atoms with E-state index in [1.807, 2.05) is 37.3 Å². The first-order valence-corrected chi connectivity index (χ1v) is 12.2. The molecular weight excluding hydrogens is 485 g/mol. The molecule has 1 amide bonds. The van der Waals surface area contributed by atoms with Gasteiger partial charge in [0.25, 0.3) is 5.91 Å². The van der Waals surface area contributed by atoms with Gasteiger partial charge in [-0.05, 0) is 86.0 Å². The van der Waals surface area contributed by atoms with Crippen LogP contribution in [0.2, 0.25) is 0 Å². The van der Waals surface area contributed by atoms with Crippen LogP contribution in [0.4, 0.5) is 10.1 Å². The molecule has 3 aromatic carbocycles. The van der Waals surface area contributed by atoms with Crippen LogP contribution in [0.25, 0.3) is 0 Å². The van der Waals surface area contributed by atoms with Gasteiger partial charge in [-0.3, -0.25) is 4.79 Å². The molecule has 196 valence electrons. The molecule has 0 spiro atoms. The Morgan fingerprint density at radius 1 is 1.05 bits per heavy atom. The molecule has 3 aromatic rings. The maximum absolute atomic E-state index is 14.7. The van der Waals surface area contributed by atoms with E-state index in [2.05, 4.69) is 27.1 Å². The van der Waals surface area contributed by atoms with Crippen LogP contribution in [-0.2, 0) is 16.6 Å². The Hall–Kier alpha value is -4.46. The monoisotopic (exact) mass is 515 g/mol. The number of fused-ring (bicyclic) bond motifs is 1. The first-order chi connectivity index (χ1) is 18.3. The Balaban J connectivity index is 1.63. The summed E-state index contributed by atoms with van der Waals surface area (Å²) < 4.78 is 24.9. The number of amides is 1. The average Bonchev–Trinajstić information content (AvgIpc) is 3.18. The number of allylic oxidation sites excluding steroid dienone is 2. The van der Waals surface area contributed by atoms with Gasteiger partial charge in [0, 0.05) is 35.1 Å². The van der Waals surface area contributed by atoms with Gasteiger partial charge in [0.15, 0.2) is 0 Å². The minimum absolute atomic E-state index is 0.258. The number of hydrogen-bond acceptors (Lipinski definition) is 6. The molecule has 0 bridgehead atoms.